The van der Waals surface area contributed by atoms with Crippen LogP contribution in [0.4, 0.5) is 35.1 Å². The molecule has 0 saturated carbocycles. The third-order valence-electron chi connectivity index (χ3n) is 4.31. The summed E-state index contributed by atoms with van der Waals surface area (Å²) < 4.78 is 53.6. The molecular formula is C19H15F4N7. The molecule has 0 aliphatic heterocycles. The van der Waals surface area contributed by atoms with E-state index in [-0.39, 0.29) is 17.8 Å². The van der Waals surface area contributed by atoms with E-state index in [9.17, 15) is 17.6 Å². The van der Waals surface area contributed by atoms with Crippen molar-refractivity contribution in [2.45, 2.75) is 19.5 Å². The predicted molar refractivity (Wildman–Crippen MR) is 103 cm³/mol. The van der Waals surface area contributed by atoms with Crippen LogP contribution in [0.15, 0.2) is 42.5 Å². The monoisotopic (exact) mass is 417 g/mol. The lowest BCUT2D eigenvalue weighted by atomic mass is 10.2. The number of fused-ring (bicyclic) bond motifs is 1. The van der Waals surface area contributed by atoms with Crippen molar-refractivity contribution in [2.24, 2.45) is 0 Å². The molecular weight excluding hydrogens is 402 g/mol. The number of anilines is 3. The lowest BCUT2D eigenvalue weighted by molar-refractivity contribution is -0.137. The second kappa shape index (κ2) is 7.25. The van der Waals surface area contributed by atoms with Gasteiger partial charge >= 0.3 is 6.18 Å². The first-order valence-corrected chi connectivity index (χ1v) is 8.87. The van der Waals surface area contributed by atoms with Gasteiger partial charge in [0.25, 0.3) is 0 Å². The van der Waals surface area contributed by atoms with Crippen molar-refractivity contribution in [2.75, 3.05) is 11.1 Å². The second-order valence-electron chi connectivity index (χ2n) is 6.37. The summed E-state index contributed by atoms with van der Waals surface area (Å²) in [6.45, 7) is 1.87. The number of nitrogens with two attached hydrogens (primary N) is 1. The molecule has 2 aromatic carbocycles. The summed E-state index contributed by atoms with van der Waals surface area (Å²) in [5, 5.41) is 2.81. The highest BCUT2D eigenvalue weighted by atomic mass is 19.4. The van der Waals surface area contributed by atoms with Crippen molar-refractivity contribution in [3.63, 3.8) is 0 Å². The van der Waals surface area contributed by atoms with Gasteiger partial charge in [0.2, 0.25) is 17.8 Å². The maximum absolute atomic E-state index is 13.8. The Bertz CT molecular complexity index is 1220. The van der Waals surface area contributed by atoms with Gasteiger partial charge in [0.15, 0.2) is 0 Å². The molecule has 0 spiro atoms. The van der Waals surface area contributed by atoms with Crippen LogP contribution < -0.4 is 11.1 Å². The van der Waals surface area contributed by atoms with Gasteiger partial charge in [0.05, 0.1) is 16.6 Å². The number of nitrogens with zero attached hydrogens (tertiary/aromatic N) is 5. The highest BCUT2D eigenvalue weighted by molar-refractivity contribution is 5.78. The van der Waals surface area contributed by atoms with Crippen molar-refractivity contribution in [1.29, 1.82) is 0 Å². The lowest BCUT2D eigenvalue weighted by Crippen LogP contribution is -2.11. The number of benzene rings is 2. The van der Waals surface area contributed by atoms with Gasteiger partial charge in [-0.25, -0.2) is 9.37 Å². The summed E-state index contributed by atoms with van der Waals surface area (Å²) in [5.74, 6) is 0.159. The zero-order chi connectivity index (χ0) is 21.5. The van der Waals surface area contributed by atoms with E-state index in [1.807, 2.05) is 6.92 Å². The smallest absolute Gasteiger partial charge is 0.368 e. The average Bonchev–Trinajstić information content (AvgIpc) is 3.05. The van der Waals surface area contributed by atoms with Crippen LogP contribution in [-0.4, -0.2) is 24.5 Å². The van der Waals surface area contributed by atoms with Gasteiger partial charge in [-0.15, -0.1) is 0 Å². The molecule has 0 bridgehead atoms. The van der Waals surface area contributed by atoms with Crippen LogP contribution in [0.25, 0.3) is 17.0 Å². The number of imidazole rings is 1. The summed E-state index contributed by atoms with van der Waals surface area (Å²) >= 11 is 0. The quantitative estimate of drug-likeness (QED) is 0.482. The molecule has 0 amide bonds. The van der Waals surface area contributed by atoms with E-state index in [1.165, 1.54) is 24.3 Å². The number of aryl methyl sites for hydroxylation is 1. The van der Waals surface area contributed by atoms with E-state index in [2.05, 4.69) is 25.3 Å². The molecule has 0 radical (unpaired) electrons. The standard InChI is InChI=1S/C19H15F4N7/c1-2-15-26-13-8-5-11(20)9-14(13)30(15)18-28-16(24)27-17(29-18)25-12-6-3-10(4-7-12)19(21,22)23/h3-9H,2H2,1H3,(H3,24,25,27,28,29). The molecule has 0 aliphatic rings. The third-order valence-corrected chi connectivity index (χ3v) is 4.31. The van der Waals surface area contributed by atoms with Gasteiger partial charge in [0, 0.05) is 18.2 Å². The molecule has 30 heavy (non-hydrogen) atoms. The van der Waals surface area contributed by atoms with Crippen molar-refractivity contribution in [3.8, 4) is 5.95 Å². The molecule has 0 atom stereocenters. The van der Waals surface area contributed by atoms with Crippen LogP contribution >= 0.6 is 0 Å². The maximum Gasteiger partial charge on any atom is 0.416 e. The zero-order valence-electron chi connectivity index (χ0n) is 15.6. The topological polar surface area (TPSA) is 94.5 Å². The van der Waals surface area contributed by atoms with Crippen LogP contribution in [0.3, 0.4) is 0 Å². The number of nitrogen functional groups attached to an aromatic ring is 1. The molecule has 2 heterocycles. The number of alkyl halides is 3. The van der Waals surface area contributed by atoms with Gasteiger partial charge in [0.1, 0.15) is 11.6 Å². The molecule has 2 aromatic heterocycles. The zero-order valence-corrected chi connectivity index (χ0v) is 15.6. The van der Waals surface area contributed by atoms with Crippen molar-refractivity contribution >= 4 is 28.6 Å². The van der Waals surface area contributed by atoms with Crippen molar-refractivity contribution < 1.29 is 17.6 Å². The minimum absolute atomic E-state index is 0.0255. The first-order valence-electron chi connectivity index (χ1n) is 8.87. The summed E-state index contributed by atoms with van der Waals surface area (Å²) in [6.07, 6.45) is -3.92. The molecule has 3 N–H and O–H groups in total. The van der Waals surface area contributed by atoms with E-state index in [0.29, 0.717) is 29.0 Å². The number of halogens is 4. The second-order valence-corrected chi connectivity index (χ2v) is 6.37. The van der Waals surface area contributed by atoms with Gasteiger partial charge in [-0.05, 0) is 36.4 Å². The number of nitrogens with one attached hydrogen (secondary N) is 1. The third kappa shape index (κ3) is 3.73. The Morgan fingerprint density at radius 3 is 2.40 bits per heavy atom. The predicted octanol–water partition coefficient (Wildman–Crippen LogP) is 4.26. The van der Waals surface area contributed by atoms with Crippen LogP contribution in [0, 0.1) is 5.82 Å². The van der Waals surface area contributed by atoms with Crippen LogP contribution in [0.5, 0.6) is 0 Å². The summed E-state index contributed by atoms with van der Waals surface area (Å²) in [7, 11) is 0. The van der Waals surface area contributed by atoms with E-state index in [1.54, 1.807) is 10.6 Å². The summed E-state index contributed by atoms with van der Waals surface area (Å²) in [6, 6.07) is 8.54. The van der Waals surface area contributed by atoms with Crippen LogP contribution in [-0.2, 0) is 12.6 Å². The largest absolute Gasteiger partial charge is 0.416 e. The molecule has 11 heteroatoms. The number of hydrogen-bond acceptors (Lipinski definition) is 6. The Morgan fingerprint density at radius 2 is 1.73 bits per heavy atom. The maximum atomic E-state index is 13.8. The average molecular weight is 417 g/mol. The minimum atomic E-state index is -4.43. The molecule has 0 aliphatic carbocycles. The van der Waals surface area contributed by atoms with Gasteiger partial charge in [-0.1, -0.05) is 6.92 Å². The highest BCUT2D eigenvalue weighted by Crippen LogP contribution is 2.30. The molecule has 0 fully saturated rings. The SMILES string of the molecule is CCc1nc2ccc(F)cc2n1-c1nc(N)nc(Nc2ccc(C(F)(F)F)cc2)n1. The fourth-order valence-corrected chi connectivity index (χ4v) is 2.97. The van der Waals surface area contributed by atoms with Crippen LogP contribution in [0.2, 0.25) is 0 Å². The Balaban J connectivity index is 1.74. The molecule has 0 unspecified atom stereocenters. The fourth-order valence-electron chi connectivity index (χ4n) is 2.97. The highest BCUT2D eigenvalue weighted by Gasteiger charge is 2.30. The molecule has 4 aromatic rings. The molecule has 7 nitrogen and oxygen atoms in total. The Labute approximate surface area is 167 Å². The molecule has 4 rings (SSSR count). The van der Waals surface area contributed by atoms with Crippen molar-refractivity contribution in [3.05, 3.63) is 59.7 Å². The molecule has 154 valence electrons. The van der Waals surface area contributed by atoms with Gasteiger partial charge < -0.3 is 11.1 Å². The van der Waals surface area contributed by atoms with Gasteiger partial charge in [-0.3, -0.25) is 4.57 Å². The first-order chi connectivity index (χ1) is 14.2. The normalized spacial score (nSPS) is 11.8. The number of aromatic nitrogens is 5. The van der Waals surface area contributed by atoms with Crippen LogP contribution in [0.1, 0.15) is 18.3 Å². The fraction of sp³-hybridized carbons (Fsp3) is 0.158. The Morgan fingerprint density at radius 1 is 1.00 bits per heavy atom. The minimum Gasteiger partial charge on any atom is -0.368 e. The first kappa shape index (κ1) is 19.6. The Hall–Kier alpha value is -3.76. The van der Waals surface area contributed by atoms with Gasteiger partial charge in [-0.2, -0.15) is 28.1 Å². The summed E-state index contributed by atoms with van der Waals surface area (Å²) in [5.41, 5.74) is 6.38. The molecule has 0 saturated heterocycles. The van der Waals surface area contributed by atoms with E-state index < -0.39 is 17.6 Å². The number of hydrogen-bond donors (Lipinski definition) is 2. The van der Waals surface area contributed by atoms with E-state index >= 15 is 0 Å². The lowest BCUT2D eigenvalue weighted by Gasteiger charge is -2.11. The van der Waals surface area contributed by atoms with E-state index in [4.69, 9.17) is 5.73 Å². The number of rotatable bonds is 4. The summed E-state index contributed by atoms with van der Waals surface area (Å²) in [4.78, 5) is 16.8. The Kier molecular flexibility index (Phi) is 4.72. The van der Waals surface area contributed by atoms with Crippen molar-refractivity contribution in [1.82, 2.24) is 24.5 Å². The van der Waals surface area contributed by atoms with E-state index in [0.717, 1.165) is 12.1 Å².